The lowest BCUT2D eigenvalue weighted by Crippen LogP contribution is -2.33. The normalized spacial score (nSPS) is 12.0. The van der Waals surface area contributed by atoms with Crippen LogP contribution in [0.15, 0.2) is 16.6 Å². The summed E-state index contributed by atoms with van der Waals surface area (Å²) in [5, 5.41) is 11.7. The van der Waals surface area contributed by atoms with Gasteiger partial charge in [0.2, 0.25) is 0 Å². The zero-order chi connectivity index (χ0) is 14.4. The molecule has 0 aliphatic rings. The highest BCUT2D eigenvalue weighted by Crippen LogP contribution is 2.36. The average Bonchev–Trinajstić information content (AvgIpc) is 2.36. The summed E-state index contributed by atoms with van der Waals surface area (Å²) < 4.78 is 11.5. The van der Waals surface area contributed by atoms with E-state index in [2.05, 4.69) is 21.2 Å². The van der Waals surface area contributed by atoms with E-state index in [0.29, 0.717) is 24.7 Å². The van der Waals surface area contributed by atoms with Crippen LogP contribution >= 0.6 is 15.9 Å². The van der Waals surface area contributed by atoms with Gasteiger partial charge in [-0.05, 0) is 47.5 Å². The number of benzene rings is 1. The van der Waals surface area contributed by atoms with Gasteiger partial charge in [-0.25, -0.2) is 0 Å². The number of ether oxygens (including phenoxy) is 2. The summed E-state index contributed by atoms with van der Waals surface area (Å²) in [5.41, 5.74) is 0.921. The number of rotatable bonds is 7. The molecule has 0 amide bonds. The molecule has 0 aliphatic heterocycles. The molecule has 0 spiro atoms. The molecule has 5 nitrogen and oxygen atoms in total. The van der Waals surface area contributed by atoms with E-state index in [-0.39, 0.29) is 0 Å². The molecule has 0 aliphatic carbocycles. The Labute approximate surface area is 121 Å². The monoisotopic (exact) mass is 331 g/mol. The Morgan fingerprint density at radius 3 is 2.74 bits per heavy atom. The van der Waals surface area contributed by atoms with Crippen molar-refractivity contribution >= 4 is 21.9 Å². The van der Waals surface area contributed by atoms with Crippen molar-refractivity contribution in [1.29, 1.82) is 0 Å². The minimum absolute atomic E-state index is 0.441. The van der Waals surface area contributed by atoms with Gasteiger partial charge in [0.25, 0.3) is 0 Å². The Morgan fingerprint density at radius 2 is 2.21 bits per heavy atom. The molecule has 1 rings (SSSR count). The maximum absolute atomic E-state index is 10.7. The number of halogens is 1. The first-order valence-electron chi connectivity index (χ1n) is 5.95. The molecule has 1 aromatic rings. The topological polar surface area (TPSA) is 67.8 Å². The highest BCUT2D eigenvalue weighted by Gasteiger charge is 2.13. The number of carbonyl (C=O) groups is 1. The number of methoxy groups -OCH3 is 1. The Balaban J connectivity index is 2.87. The van der Waals surface area contributed by atoms with Crippen LogP contribution in [0.1, 0.15) is 19.4 Å². The first-order chi connectivity index (χ1) is 8.99. The van der Waals surface area contributed by atoms with E-state index in [0.717, 1.165) is 10.0 Å². The fraction of sp³-hybridized carbons (Fsp3) is 0.462. The van der Waals surface area contributed by atoms with E-state index in [9.17, 15) is 4.79 Å². The molecule has 1 aromatic carbocycles. The van der Waals surface area contributed by atoms with Crippen molar-refractivity contribution in [2.75, 3.05) is 13.7 Å². The van der Waals surface area contributed by atoms with E-state index in [1.54, 1.807) is 14.0 Å². The van der Waals surface area contributed by atoms with Gasteiger partial charge in [0, 0.05) is 6.54 Å². The van der Waals surface area contributed by atoms with E-state index in [1.165, 1.54) is 0 Å². The average molecular weight is 332 g/mol. The lowest BCUT2D eigenvalue weighted by Gasteiger charge is -2.14. The summed E-state index contributed by atoms with van der Waals surface area (Å²) in [6, 6.07) is 3.12. The lowest BCUT2D eigenvalue weighted by atomic mass is 10.2. The van der Waals surface area contributed by atoms with Crippen LogP contribution in [0, 0.1) is 0 Å². The quantitative estimate of drug-likeness (QED) is 0.803. The molecule has 106 valence electrons. The summed E-state index contributed by atoms with van der Waals surface area (Å²) >= 11 is 3.42. The fourth-order valence-corrected chi connectivity index (χ4v) is 2.19. The highest BCUT2D eigenvalue weighted by molar-refractivity contribution is 9.10. The second-order valence-corrected chi connectivity index (χ2v) is 4.84. The molecule has 0 aromatic heterocycles. The Morgan fingerprint density at radius 1 is 1.53 bits per heavy atom. The third-order valence-electron chi connectivity index (χ3n) is 2.56. The minimum Gasteiger partial charge on any atom is -0.492 e. The van der Waals surface area contributed by atoms with Gasteiger partial charge in [-0.2, -0.15) is 0 Å². The van der Waals surface area contributed by atoms with Gasteiger partial charge in [-0.15, -0.1) is 0 Å². The van der Waals surface area contributed by atoms with Crippen molar-refractivity contribution in [3.63, 3.8) is 0 Å². The van der Waals surface area contributed by atoms with Gasteiger partial charge in [-0.3, -0.25) is 4.79 Å². The zero-order valence-electron chi connectivity index (χ0n) is 11.2. The molecule has 0 radical (unpaired) electrons. The maximum atomic E-state index is 10.7. The van der Waals surface area contributed by atoms with Crippen LogP contribution in [-0.4, -0.2) is 30.8 Å². The first-order valence-corrected chi connectivity index (χ1v) is 6.74. The van der Waals surface area contributed by atoms with Gasteiger partial charge in [0.1, 0.15) is 6.04 Å². The third-order valence-corrected chi connectivity index (χ3v) is 3.15. The van der Waals surface area contributed by atoms with E-state index in [4.69, 9.17) is 14.6 Å². The van der Waals surface area contributed by atoms with Gasteiger partial charge >= 0.3 is 5.97 Å². The smallest absolute Gasteiger partial charge is 0.320 e. The van der Waals surface area contributed by atoms with Crippen LogP contribution in [0.3, 0.4) is 0 Å². The molecule has 0 bridgehead atoms. The van der Waals surface area contributed by atoms with Crippen molar-refractivity contribution in [1.82, 2.24) is 5.32 Å². The van der Waals surface area contributed by atoms with Gasteiger partial charge in [0.15, 0.2) is 11.5 Å². The second-order valence-electron chi connectivity index (χ2n) is 3.98. The number of aliphatic carboxylic acids is 1. The van der Waals surface area contributed by atoms with Crippen LogP contribution in [0.5, 0.6) is 11.5 Å². The van der Waals surface area contributed by atoms with Crippen molar-refractivity contribution in [2.24, 2.45) is 0 Å². The van der Waals surface area contributed by atoms with E-state index >= 15 is 0 Å². The molecule has 0 saturated heterocycles. The summed E-state index contributed by atoms with van der Waals surface area (Å²) in [6.07, 6.45) is 0. The second kappa shape index (κ2) is 7.35. The molecule has 0 saturated carbocycles. The Bertz CT molecular complexity index is 451. The largest absolute Gasteiger partial charge is 0.492 e. The summed E-state index contributed by atoms with van der Waals surface area (Å²) in [5.74, 6) is 0.397. The van der Waals surface area contributed by atoms with Crippen molar-refractivity contribution in [3.05, 3.63) is 22.2 Å². The molecule has 1 unspecified atom stereocenters. The van der Waals surface area contributed by atoms with E-state index in [1.807, 2.05) is 19.1 Å². The first kappa shape index (κ1) is 15.8. The number of carboxylic acid groups (broad SMARTS) is 1. The number of hydrogen-bond acceptors (Lipinski definition) is 4. The number of carboxylic acids is 1. The fourth-order valence-electron chi connectivity index (χ4n) is 1.54. The van der Waals surface area contributed by atoms with Crippen LogP contribution in [0.25, 0.3) is 0 Å². The van der Waals surface area contributed by atoms with Crippen LogP contribution in [0.2, 0.25) is 0 Å². The molecule has 1 atom stereocenters. The molecule has 2 N–H and O–H groups in total. The maximum Gasteiger partial charge on any atom is 0.320 e. The summed E-state index contributed by atoms with van der Waals surface area (Å²) in [7, 11) is 1.58. The third kappa shape index (κ3) is 4.40. The van der Waals surface area contributed by atoms with Gasteiger partial charge < -0.3 is 19.9 Å². The minimum atomic E-state index is -0.877. The molecule has 19 heavy (non-hydrogen) atoms. The summed E-state index contributed by atoms with van der Waals surface area (Å²) in [6.45, 7) is 4.47. The predicted molar refractivity (Wildman–Crippen MR) is 75.8 cm³/mol. The van der Waals surface area contributed by atoms with Crippen LogP contribution in [-0.2, 0) is 11.3 Å². The van der Waals surface area contributed by atoms with E-state index < -0.39 is 12.0 Å². The highest BCUT2D eigenvalue weighted by atomic mass is 79.9. The summed E-state index contributed by atoms with van der Waals surface area (Å²) in [4.78, 5) is 10.7. The van der Waals surface area contributed by atoms with Crippen molar-refractivity contribution < 1.29 is 19.4 Å². The molecular formula is C13H18BrNO4. The van der Waals surface area contributed by atoms with Gasteiger partial charge in [-0.1, -0.05) is 0 Å². The molecule has 0 heterocycles. The number of nitrogens with one attached hydrogen (secondary N) is 1. The predicted octanol–water partition coefficient (Wildman–Crippen LogP) is 2.42. The SMILES string of the molecule is CCOc1cc(CNC(C)C(=O)O)cc(Br)c1OC. The van der Waals surface area contributed by atoms with Crippen molar-refractivity contribution in [3.8, 4) is 11.5 Å². The van der Waals surface area contributed by atoms with Crippen LogP contribution in [0.4, 0.5) is 0 Å². The molecule has 0 fully saturated rings. The van der Waals surface area contributed by atoms with Crippen molar-refractivity contribution in [2.45, 2.75) is 26.4 Å². The zero-order valence-corrected chi connectivity index (χ0v) is 12.8. The standard InChI is InChI=1S/C13H18BrNO4/c1-4-19-11-6-9(5-10(14)12(11)18-3)7-15-8(2)13(16)17/h5-6,8,15H,4,7H2,1-3H3,(H,16,17). The lowest BCUT2D eigenvalue weighted by molar-refractivity contribution is -0.139. The Hall–Kier alpha value is -1.27. The van der Waals surface area contributed by atoms with Crippen LogP contribution < -0.4 is 14.8 Å². The molecular weight excluding hydrogens is 314 g/mol. The van der Waals surface area contributed by atoms with Gasteiger partial charge in [0.05, 0.1) is 18.2 Å². The number of hydrogen-bond donors (Lipinski definition) is 2. The molecule has 6 heteroatoms. The Kier molecular flexibility index (Phi) is 6.11.